The van der Waals surface area contributed by atoms with E-state index in [1.165, 1.54) is 0 Å². The Morgan fingerprint density at radius 3 is 2.75 bits per heavy atom. The third kappa shape index (κ3) is 3.38. The summed E-state index contributed by atoms with van der Waals surface area (Å²) in [7, 11) is 0. The molecule has 0 amide bonds. The topological polar surface area (TPSA) is 80.4 Å². The lowest BCUT2D eigenvalue weighted by molar-refractivity contribution is -0.136. The van der Waals surface area contributed by atoms with Gasteiger partial charge in [-0.2, -0.15) is 0 Å². The highest BCUT2D eigenvalue weighted by molar-refractivity contribution is 5.73. The minimum absolute atomic E-state index is 0.0512. The Kier molecular flexibility index (Phi) is 4.05. The first kappa shape index (κ1) is 12.2. The Labute approximate surface area is 94.1 Å². The summed E-state index contributed by atoms with van der Waals surface area (Å²) in [6.07, 6.45) is 1.44. The SMILES string of the molecule is CC(C=O)Cc1ccc(CC(=O)O)c(N)c1. The Bertz CT molecular complexity index is 401. The van der Waals surface area contributed by atoms with Crippen LogP contribution in [0.3, 0.4) is 0 Å². The molecule has 0 aliphatic heterocycles. The van der Waals surface area contributed by atoms with E-state index in [0.717, 1.165) is 11.8 Å². The fourth-order valence-corrected chi connectivity index (χ4v) is 1.52. The molecule has 0 saturated heterocycles. The maximum absolute atomic E-state index is 10.5. The van der Waals surface area contributed by atoms with Gasteiger partial charge in [0, 0.05) is 11.6 Å². The van der Waals surface area contributed by atoms with Gasteiger partial charge in [0.15, 0.2) is 0 Å². The van der Waals surface area contributed by atoms with E-state index in [9.17, 15) is 9.59 Å². The quantitative estimate of drug-likeness (QED) is 0.579. The van der Waals surface area contributed by atoms with Crippen molar-refractivity contribution in [1.29, 1.82) is 0 Å². The van der Waals surface area contributed by atoms with Gasteiger partial charge in [-0.05, 0) is 23.6 Å². The molecule has 0 aliphatic carbocycles. The summed E-state index contributed by atoms with van der Waals surface area (Å²) in [6, 6.07) is 5.25. The predicted octanol–water partition coefficient (Wildman–Crippen LogP) is 1.27. The largest absolute Gasteiger partial charge is 0.481 e. The van der Waals surface area contributed by atoms with Crippen molar-refractivity contribution in [3.05, 3.63) is 29.3 Å². The van der Waals surface area contributed by atoms with Gasteiger partial charge in [0.25, 0.3) is 0 Å². The maximum Gasteiger partial charge on any atom is 0.307 e. The second-order valence-electron chi connectivity index (χ2n) is 3.92. The molecule has 0 fully saturated rings. The lowest BCUT2D eigenvalue weighted by atomic mass is 9.99. The van der Waals surface area contributed by atoms with Crippen LogP contribution in [0.2, 0.25) is 0 Å². The highest BCUT2D eigenvalue weighted by Crippen LogP contribution is 2.17. The zero-order valence-corrected chi connectivity index (χ0v) is 9.14. The standard InChI is InChI=1S/C12H15NO3/c1-8(7-14)4-9-2-3-10(6-12(15)16)11(13)5-9/h2-3,5,7-8H,4,6,13H2,1H3,(H,15,16). The summed E-state index contributed by atoms with van der Waals surface area (Å²) < 4.78 is 0. The van der Waals surface area contributed by atoms with Crippen molar-refractivity contribution in [2.24, 2.45) is 5.92 Å². The highest BCUT2D eigenvalue weighted by atomic mass is 16.4. The van der Waals surface area contributed by atoms with E-state index in [2.05, 4.69) is 0 Å². The van der Waals surface area contributed by atoms with Gasteiger partial charge in [-0.3, -0.25) is 4.79 Å². The summed E-state index contributed by atoms with van der Waals surface area (Å²) in [6.45, 7) is 1.83. The number of nitrogen functional groups attached to an aromatic ring is 1. The highest BCUT2D eigenvalue weighted by Gasteiger charge is 2.07. The average molecular weight is 221 g/mol. The molecular formula is C12H15NO3. The van der Waals surface area contributed by atoms with Gasteiger partial charge < -0.3 is 15.6 Å². The number of carbonyl (C=O) groups is 2. The van der Waals surface area contributed by atoms with Crippen LogP contribution >= 0.6 is 0 Å². The zero-order valence-electron chi connectivity index (χ0n) is 9.14. The number of rotatable bonds is 5. The van der Waals surface area contributed by atoms with Crippen LogP contribution in [-0.4, -0.2) is 17.4 Å². The van der Waals surface area contributed by atoms with E-state index < -0.39 is 5.97 Å². The summed E-state index contributed by atoms with van der Waals surface area (Å²) in [5.41, 5.74) is 7.76. The number of carboxylic acids is 1. The Balaban J connectivity index is 2.82. The van der Waals surface area contributed by atoms with E-state index in [1.807, 2.05) is 13.0 Å². The van der Waals surface area contributed by atoms with E-state index in [1.54, 1.807) is 12.1 Å². The number of aldehydes is 1. The summed E-state index contributed by atoms with van der Waals surface area (Å²) in [5, 5.41) is 8.64. The fourth-order valence-electron chi connectivity index (χ4n) is 1.52. The van der Waals surface area contributed by atoms with E-state index in [-0.39, 0.29) is 12.3 Å². The van der Waals surface area contributed by atoms with Crippen molar-refractivity contribution in [3.63, 3.8) is 0 Å². The van der Waals surface area contributed by atoms with Crippen molar-refractivity contribution in [1.82, 2.24) is 0 Å². The van der Waals surface area contributed by atoms with Gasteiger partial charge in [0.2, 0.25) is 0 Å². The first-order valence-corrected chi connectivity index (χ1v) is 5.07. The maximum atomic E-state index is 10.5. The molecule has 0 aromatic heterocycles. The molecule has 4 heteroatoms. The molecule has 86 valence electrons. The van der Waals surface area contributed by atoms with Crippen molar-refractivity contribution in [2.75, 3.05) is 5.73 Å². The van der Waals surface area contributed by atoms with Crippen LogP contribution in [0.15, 0.2) is 18.2 Å². The van der Waals surface area contributed by atoms with Gasteiger partial charge >= 0.3 is 5.97 Å². The Hall–Kier alpha value is -1.84. The number of carbonyl (C=O) groups excluding carboxylic acids is 1. The predicted molar refractivity (Wildman–Crippen MR) is 61.1 cm³/mol. The van der Waals surface area contributed by atoms with Gasteiger partial charge in [-0.15, -0.1) is 0 Å². The molecule has 1 aromatic carbocycles. The molecule has 1 unspecified atom stereocenters. The normalized spacial score (nSPS) is 12.1. The third-order valence-electron chi connectivity index (χ3n) is 2.34. The average Bonchev–Trinajstić information content (AvgIpc) is 2.21. The molecule has 0 heterocycles. The van der Waals surface area contributed by atoms with Crippen LogP contribution in [0.1, 0.15) is 18.1 Å². The number of hydrogen-bond acceptors (Lipinski definition) is 3. The van der Waals surface area contributed by atoms with E-state index >= 15 is 0 Å². The molecule has 1 rings (SSSR count). The summed E-state index contributed by atoms with van der Waals surface area (Å²) >= 11 is 0. The smallest absolute Gasteiger partial charge is 0.307 e. The third-order valence-corrected chi connectivity index (χ3v) is 2.34. The zero-order chi connectivity index (χ0) is 12.1. The lowest BCUT2D eigenvalue weighted by Gasteiger charge is -2.08. The van der Waals surface area contributed by atoms with E-state index in [0.29, 0.717) is 17.7 Å². The molecule has 3 N–H and O–H groups in total. The molecule has 1 aromatic rings. The van der Waals surface area contributed by atoms with Gasteiger partial charge in [0.1, 0.15) is 6.29 Å². The molecule has 0 bridgehead atoms. The van der Waals surface area contributed by atoms with Crippen molar-refractivity contribution in [2.45, 2.75) is 19.8 Å². The fraction of sp³-hybridized carbons (Fsp3) is 0.333. The number of hydrogen-bond donors (Lipinski definition) is 2. The van der Waals surface area contributed by atoms with Crippen LogP contribution in [0.5, 0.6) is 0 Å². The van der Waals surface area contributed by atoms with Gasteiger partial charge in [-0.25, -0.2) is 0 Å². The molecule has 0 spiro atoms. The van der Waals surface area contributed by atoms with Crippen LogP contribution in [-0.2, 0) is 22.4 Å². The Morgan fingerprint density at radius 2 is 2.25 bits per heavy atom. The summed E-state index contributed by atoms with van der Waals surface area (Å²) in [4.78, 5) is 21.0. The number of anilines is 1. The first-order chi connectivity index (χ1) is 7.52. The van der Waals surface area contributed by atoms with Gasteiger partial charge in [-0.1, -0.05) is 19.1 Å². The van der Waals surface area contributed by atoms with Crippen LogP contribution < -0.4 is 5.73 Å². The van der Waals surface area contributed by atoms with Crippen LogP contribution in [0, 0.1) is 5.92 Å². The number of carboxylic acid groups (broad SMARTS) is 1. The first-order valence-electron chi connectivity index (χ1n) is 5.07. The lowest BCUT2D eigenvalue weighted by Crippen LogP contribution is -2.06. The van der Waals surface area contributed by atoms with E-state index in [4.69, 9.17) is 10.8 Å². The number of benzene rings is 1. The van der Waals surface area contributed by atoms with Gasteiger partial charge in [0.05, 0.1) is 6.42 Å². The molecule has 0 saturated carbocycles. The van der Waals surface area contributed by atoms with Crippen molar-refractivity contribution < 1.29 is 14.7 Å². The molecule has 4 nitrogen and oxygen atoms in total. The number of nitrogens with two attached hydrogens (primary N) is 1. The van der Waals surface area contributed by atoms with Crippen molar-refractivity contribution >= 4 is 17.9 Å². The van der Waals surface area contributed by atoms with Crippen LogP contribution in [0.4, 0.5) is 5.69 Å². The molecular weight excluding hydrogens is 206 g/mol. The monoisotopic (exact) mass is 221 g/mol. The minimum atomic E-state index is -0.902. The summed E-state index contributed by atoms with van der Waals surface area (Å²) in [5.74, 6) is -0.953. The number of aliphatic carboxylic acids is 1. The minimum Gasteiger partial charge on any atom is -0.481 e. The Morgan fingerprint density at radius 1 is 1.56 bits per heavy atom. The molecule has 16 heavy (non-hydrogen) atoms. The van der Waals surface area contributed by atoms with Crippen molar-refractivity contribution in [3.8, 4) is 0 Å². The second kappa shape index (κ2) is 5.30. The molecule has 0 aliphatic rings. The second-order valence-corrected chi connectivity index (χ2v) is 3.92. The molecule has 0 radical (unpaired) electrons. The molecule has 1 atom stereocenters. The van der Waals surface area contributed by atoms with Crippen LogP contribution in [0.25, 0.3) is 0 Å².